The third-order valence-electron chi connectivity index (χ3n) is 1.74. The van der Waals surface area contributed by atoms with Crippen molar-refractivity contribution < 1.29 is 23.4 Å². The first-order valence-corrected chi connectivity index (χ1v) is 4.68. The minimum atomic E-state index is -1.20. The summed E-state index contributed by atoms with van der Waals surface area (Å²) in [5.41, 5.74) is -0.132. The number of carboxylic acids is 1. The Hall–Kier alpha value is -1.17. The zero-order chi connectivity index (χ0) is 11.6. The summed E-state index contributed by atoms with van der Waals surface area (Å²) in [6, 6.07) is 1.08. The number of halogens is 3. The van der Waals surface area contributed by atoms with Gasteiger partial charge in [-0.05, 0) is 22.0 Å². The largest absolute Gasteiger partial charge is 0.491 e. The number of rotatable bonds is 3. The number of aliphatic carboxylic acids is 1. The maximum atomic E-state index is 13.4. The molecule has 0 aliphatic carbocycles. The first kappa shape index (κ1) is 11.9. The topological polar surface area (TPSA) is 46.5 Å². The van der Waals surface area contributed by atoms with Gasteiger partial charge >= 0.3 is 5.97 Å². The van der Waals surface area contributed by atoms with Crippen molar-refractivity contribution in [2.45, 2.75) is 6.42 Å². The van der Waals surface area contributed by atoms with Gasteiger partial charge in [0.15, 0.2) is 17.4 Å². The summed E-state index contributed by atoms with van der Waals surface area (Å²) >= 11 is 2.85. The van der Waals surface area contributed by atoms with Crippen molar-refractivity contribution in [3.63, 3.8) is 0 Å². The third kappa shape index (κ3) is 2.44. The first-order valence-electron chi connectivity index (χ1n) is 3.89. The van der Waals surface area contributed by atoms with Gasteiger partial charge in [-0.25, -0.2) is 8.78 Å². The zero-order valence-corrected chi connectivity index (χ0v) is 9.27. The summed E-state index contributed by atoms with van der Waals surface area (Å²) in [6.07, 6.45) is -0.527. The van der Waals surface area contributed by atoms with Crippen LogP contribution in [0, 0.1) is 11.6 Å². The van der Waals surface area contributed by atoms with E-state index >= 15 is 0 Å². The van der Waals surface area contributed by atoms with Crippen molar-refractivity contribution in [3.8, 4) is 5.75 Å². The van der Waals surface area contributed by atoms with Gasteiger partial charge in [0, 0.05) is 5.56 Å². The quantitative estimate of drug-likeness (QED) is 0.865. The highest BCUT2D eigenvalue weighted by Crippen LogP contribution is 2.31. The summed E-state index contributed by atoms with van der Waals surface area (Å²) in [5, 5.41) is 8.50. The molecule has 0 saturated carbocycles. The maximum Gasteiger partial charge on any atom is 0.307 e. The molecule has 0 heterocycles. The lowest BCUT2D eigenvalue weighted by molar-refractivity contribution is -0.136. The van der Waals surface area contributed by atoms with E-state index in [2.05, 4.69) is 20.7 Å². The smallest absolute Gasteiger partial charge is 0.307 e. The van der Waals surface area contributed by atoms with Gasteiger partial charge in [-0.1, -0.05) is 0 Å². The maximum absolute atomic E-state index is 13.4. The van der Waals surface area contributed by atoms with Crippen molar-refractivity contribution in [2.24, 2.45) is 0 Å². The van der Waals surface area contributed by atoms with Crippen LogP contribution in [0.5, 0.6) is 5.75 Å². The molecule has 0 aliphatic rings. The van der Waals surface area contributed by atoms with Gasteiger partial charge in [0.05, 0.1) is 18.0 Å². The van der Waals surface area contributed by atoms with E-state index in [1.165, 1.54) is 0 Å². The molecule has 0 spiro atoms. The molecule has 1 N–H and O–H groups in total. The number of ether oxygens (including phenoxy) is 1. The number of methoxy groups -OCH3 is 1. The fourth-order valence-corrected chi connectivity index (χ4v) is 1.56. The molecular formula is C9H7BrF2O3. The van der Waals surface area contributed by atoms with E-state index in [1.807, 2.05) is 0 Å². The summed E-state index contributed by atoms with van der Waals surface area (Å²) < 4.78 is 31.1. The second-order valence-electron chi connectivity index (χ2n) is 2.75. The van der Waals surface area contributed by atoms with Crippen LogP contribution in [0.25, 0.3) is 0 Å². The molecule has 0 unspecified atom stereocenters. The molecule has 0 aromatic heterocycles. The second-order valence-corrected chi connectivity index (χ2v) is 3.60. The predicted molar refractivity (Wildman–Crippen MR) is 51.9 cm³/mol. The molecule has 15 heavy (non-hydrogen) atoms. The molecule has 1 aromatic carbocycles. The van der Waals surface area contributed by atoms with Crippen LogP contribution < -0.4 is 4.74 Å². The molecular weight excluding hydrogens is 274 g/mol. The van der Waals surface area contributed by atoms with Gasteiger partial charge in [-0.15, -0.1) is 0 Å². The second kappa shape index (κ2) is 4.57. The van der Waals surface area contributed by atoms with Crippen LogP contribution in [0.15, 0.2) is 10.5 Å². The molecule has 0 fully saturated rings. The van der Waals surface area contributed by atoms with Gasteiger partial charge < -0.3 is 9.84 Å². The van der Waals surface area contributed by atoms with Gasteiger partial charge in [-0.2, -0.15) is 0 Å². The van der Waals surface area contributed by atoms with Crippen LogP contribution >= 0.6 is 15.9 Å². The van der Waals surface area contributed by atoms with Crippen molar-refractivity contribution in [3.05, 3.63) is 27.7 Å². The van der Waals surface area contributed by atoms with Crippen LogP contribution in [-0.2, 0) is 11.2 Å². The van der Waals surface area contributed by atoms with E-state index in [4.69, 9.17) is 5.11 Å². The van der Waals surface area contributed by atoms with Crippen LogP contribution in [0.4, 0.5) is 8.78 Å². The van der Waals surface area contributed by atoms with Crippen LogP contribution in [0.2, 0.25) is 0 Å². The van der Waals surface area contributed by atoms with Gasteiger partial charge in [-0.3, -0.25) is 4.79 Å². The Kier molecular flexibility index (Phi) is 3.62. The normalized spacial score (nSPS) is 10.1. The SMILES string of the molecule is COc1c(F)c(Br)cc(CC(=O)O)c1F. The third-order valence-corrected chi connectivity index (χ3v) is 2.31. The lowest BCUT2D eigenvalue weighted by Gasteiger charge is -2.08. The Morgan fingerprint density at radius 2 is 2.13 bits per heavy atom. The highest BCUT2D eigenvalue weighted by molar-refractivity contribution is 9.10. The molecule has 0 aliphatic heterocycles. The molecule has 3 nitrogen and oxygen atoms in total. The van der Waals surface area contributed by atoms with Gasteiger partial charge in [0.1, 0.15) is 0 Å². The molecule has 82 valence electrons. The summed E-state index contributed by atoms with van der Waals surface area (Å²) in [7, 11) is 1.11. The van der Waals surface area contributed by atoms with Gasteiger partial charge in [0.2, 0.25) is 0 Å². The Balaban J connectivity index is 3.30. The fourth-order valence-electron chi connectivity index (χ4n) is 1.10. The first-order chi connectivity index (χ1) is 6.97. The lowest BCUT2D eigenvalue weighted by atomic mass is 10.1. The van der Waals surface area contributed by atoms with E-state index in [-0.39, 0.29) is 10.0 Å². The molecule has 0 saturated heterocycles. The zero-order valence-electron chi connectivity index (χ0n) is 7.68. The number of hydrogen-bond donors (Lipinski definition) is 1. The van der Waals surface area contributed by atoms with E-state index in [9.17, 15) is 13.6 Å². The molecule has 6 heteroatoms. The number of hydrogen-bond acceptors (Lipinski definition) is 2. The minimum Gasteiger partial charge on any atom is -0.491 e. The van der Waals surface area contributed by atoms with Crippen molar-refractivity contribution in [1.29, 1.82) is 0 Å². The Bertz CT molecular complexity index is 407. The summed E-state index contributed by atoms with van der Waals surface area (Å²) in [6.45, 7) is 0. The average Bonchev–Trinajstić information content (AvgIpc) is 2.14. The molecule has 0 atom stereocenters. The molecule has 1 rings (SSSR count). The minimum absolute atomic E-state index is 0.0306. The van der Waals surface area contributed by atoms with Gasteiger partial charge in [0.25, 0.3) is 0 Å². The number of carboxylic acid groups (broad SMARTS) is 1. The monoisotopic (exact) mass is 280 g/mol. The van der Waals surface area contributed by atoms with Crippen LogP contribution in [-0.4, -0.2) is 18.2 Å². The standard InChI is InChI=1S/C9H7BrF2O3/c1-15-9-7(11)4(3-6(13)14)2-5(10)8(9)12/h2H,3H2,1H3,(H,13,14). The Morgan fingerprint density at radius 3 is 2.60 bits per heavy atom. The van der Waals surface area contributed by atoms with Crippen LogP contribution in [0.1, 0.15) is 5.56 Å². The Morgan fingerprint density at radius 1 is 1.53 bits per heavy atom. The average molecular weight is 281 g/mol. The molecule has 0 bridgehead atoms. The van der Waals surface area contributed by atoms with E-state index in [0.717, 1.165) is 13.2 Å². The lowest BCUT2D eigenvalue weighted by Crippen LogP contribution is -2.05. The highest BCUT2D eigenvalue weighted by Gasteiger charge is 2.19. The summed E-state index contributed by atoms with van der Waals surface area (Å²) in [4.78, 5) is 10.4. The van der Waals surface area contributed by atoms with Crippen LogP contribution in [0.3, 0.4) is 0 Å². The van der Waals surface area contributed by atoms with Crippen molar-refractivity contribution >= 4 is 21.9 Å². The summed E-state index contributed by atoms with van der Waals surface area (Å²) in [5.74, 6) is -3.65. The van der Waals surface area contributed by atoms with E-state index in [0.29, 0.717) is 0 Å². The van der Waals surface area contributed by atoms with E-state index in [1.54, 1.807) is 0 Å². The van der Waals surface area contributed by atoms with Crippen molar-refractivity contribution in [1.82, 2.24) is 0 Å². The predicted octanol–water partition coefficient (Wildman–Crippen LogP) is 2.36. The molecule has 1 aromatic rings. The van der Waals surface area contributed by atoms with E-state index < -0.39 is 29.8 Å². The highest BCUT2D eigenvalue weighted by atomic mass is 79.9. The molecule has 0 radical (unpaired) electrons. The number of carbonyl (C=O) groups is 1. The molecule has 0 amide bonds. The number of benzene rings is 1. The Labute approximate surface area is 92.8 Å². The fraction of sp³-hybridized carbons (Fsp3) is 0.222. The van der Waals surface area contributed by atoms with Crippen molar-refractivity contribution in [2.75, 3.05) is 7.11 Å².